The van der Waals surface area contributed by atoms with Crippen molar-refractivity contribution in [2.45, 2.75) is 44.6 Å². The lowest BCUT2D eigenvalue weighted by Crippen LogP contribution is -2.49. The van der Waals surface area contributed by atoms with Crippen LogP contribution in [0.5, 0.6) is 0 Å². The number of H-pyrrole nitrogens is 1. The van der Waals surface area contributed by atoms with Crippen molar-refractivity contribution in [2.24, 2.45) is 17.8 Å². The third-order valence-electron chi connectivity index (χ3n) is 4.88. The van der Waals surface area contributed by atoms with Crippen LogP contribution in [0.2, 0.25) is 0 Å². The molecule has 1 aromatic rings. The van der Waals surface area contributed by atoms with Crippen LogP contribution in [0.3, 0.4) is 0 Å². The maximum Gasteiger partial charge on any atom is 0.320 e. The fourth-order valence-electron chi connectivity index (χ4n) is 3.73. The van der Waals surface area contributed by atoms with Crippen molar-refractivity contribution < 1.29 is 15.4 Å². The lowest BCUT2D eigenvalue weighted by molar-refractivity contribution is -0.141. The number of nitrogens with zero attached hydrogens (tertiary/aromatic N) is 3. The number of aromatic nitrogens is 4. The Morgan fingerprint density at radius 1 is 1.29 bits per heavy atom. The summed E-state index contributed by atoms with van der Waals surface area (Å²) in [6.45, 7) is 0.860. The first-order chi connectivity index (χ1) is 9.72. The number of carbonyl (C=O) groups is 1. The summed E-state index contributed by atoms with van der Waals surface area (Å²) in [7, 11) is 0. The highest BCUT2D eigenvalue weighted by molar-refractivity contribution is 5.73. The van der Waals surface area contributed by atoms with E-state index >= 15 is 0 Å². The van der Waals surface area contributed by atoms with E-state index in [-0.39, 0.29) is 11.5 Å². The summed E-state index contributed by atoms with van der Waals surface area (Å²) in [5.74, 6) is 1.95. The minimum Gasteiger partial charge on any atom is -0.480 e. The Morgan fingerprint density at radius 2 is 2.14 bits per heavy atom. The molecule has 3 rings (SSSR count). The lowest BCUT2D eigenvalue weighted by atomic mass is 9.69. The molecule has 5 N–H and O–H groups in total. The highest BCUT2D eigenvalue weighted by atomic mass is 16.4. The molecule has 2 heterocycles. The SMILES string of the molecule is O.O=C(O)[C@H]1C[C@@H]2CC(CCc3nn[nH]n3)CC[C@@H]2CN1. The number of hydrogen-bond donors (Lipinski definition) is 3. The minimum absolute atomic E-state index is 0. The summed E-state index contributed by atoms with van der Waals surface area (Å²) >= 11 is 0. The molecule has 21 heavy (non-hydrogen) atoms. The van der Waals surface area contributed by atoms with Crippen molar-refractivity contribution in [3.8, 4) is 0 Å². The Morgan fingerprint density at radius 3 is 2.86 bits per heavy atom. The lowest BCUT2D eigenvalue weighted by Gasteiger charge is -2.41. The molecule has 1 aliphatic carbocycles. The molecule has 2 fully saturated rings. The van der Waals surface area contributed by atoms with Crippen LogP contribution in [0.1, 0.15) is 37.9 Å². The van der Waals surface area contributed by atoms with Gasteiger partial charge in [0, 0.05) is 6.42 Å². The molecule has 1 unspecified atom stereocenters. The monoisotopic (exact) mass is 297 g/mol. The third kappa shape index (κ3) is 3.76. The van der Waals surface area contributed by atoms with Crippen molar-refractivity contribution in [3.63, 3.8) is 0 Å². The molecule has 1 aliphatic heterocycles. The van der Waals surface area contributed by atoms with Gasteiger partial charge in [0.05, 0.1) is 0 Å². The summed E-state index contributed by atoms with van der Waals surface area (Å²) in [5.41, 5.74) is 0. The highest BCUT2D eigenvalue weighted by Gasteiger charge is 2.37. The maximum atomic E-state index is 11.1. The minimum atomic E-state index is -0.711. The number of carboxylic acid groups (broad SMARTS) is 1. The van der Waals surface area contributed by atoms with E-state index in [1.54, 1.807) is 0 Å². The van der Waals surface area contributed by atoms with E-state index < -0.39 is 5.97 Å². The number of nitrogens with one attached hydrogen (secondary N) is 2. The van der Waals surface area contributed by atoms with Crippen molar-refractivity contribution in [2.75, 3.05) is 6.54 Å². The second-order valence-corrected chi connectivity index (χ2v) is 6.10. The number of tetrazole rings is 1. The molecule has 0 spiro atoms. The predicted octanol–water partition coefficient (Wildman–Crippen LogP) is -0.213. The Kier molecular flexibility index (Phi) is 5.24. The number of hydrogen-bond acceptors (Lipinski definition) is 5. The van der Waals surface area contributed by atoms with Gasteiger partial charge in [-0.1, -0.05) is 11.6 Å². The van der Waals surface area contributed by atoms with Gasteiger partial charge in [-0.2, -0.15) is 5.21 Å². The molecular formula is C13H23N5O3. The van der Waals surface area contributed by atoms with Crippen LogP contribution in [0.4, 0.5) is 0 Å². The van der Waals surface area contributed by atoms with E-state index in [0.717, 1.165) is 38.1 Å². The fourth-order valence-corrected chi connectivity index (χ4v) is 3.73. The number of carboxylic acids is 1. The van der Waals surface area contributed by atoms with Crippen molar-refractivity contribution in [3.05, 3.63) is 5.82 Å². The maximum absolute atomic E-state index is 11.1. The average molecular weight is 297 g/mol. The quantitative estimate of drug-likeness (QED) is 0.703. The van der Waals surface area contributed by atoms with E-state index in [1.165, 1.54) is 12.8 Å². The summed E-state index contributed by atoms with van der Waals surface area (Å²) in [6.07, 6.45) is 6.30. The zero-order valence-electron chi connectivity index (χ0n) is 12.0. The molecule has 0 amide bonds. The van der Waals surface area contributed by atoms with E-state index in [9.17, 15) is 4.79 Å². The Hall–Kier alpha value is -1.54. The van der Waals surface area contributed by atoms with Gasteiger partial charge in [0.25, 0.3) is 0 Å². The second kappa shape index (κ2) is 6.95. The summed E-state index contributed by atoms with van der Waals surface area (Å²) in [6, 6.07) is -0.354. The average Bonchev–Trinajstić information content (AvgIpc) is 2.97. The number of aromatic amines is 1. The van der Waals surface area contributed by atoms with Gasteiger partial charge in [-0.25, -0.2) is 0 Å². The van der Waals surface area contributed by atoms with E-state index in [4.69, 9.17) is 5.11 Å². The Bertz CT molecular complexity index is 453. The number of aliphatic carboxylic acids is 1. The van der Waals surface area contributed by atoms with Crippen LogP contribution in [-0.4, -0.2) is 49.8 Å². The molecule has 2 aliphatic rings. The van der Waals surface area contributed by atoms with Gasteiger partial charge in [-0.3, -0.25) is 4.79 Å². The number of piperidine rings is 1. The zero-order valence-corrected chi connectivity index (χ0v) is 12.0. The molecule has 118 valence electrons. The topological polar surface area (TPSA) is 135 Å². The van der Waals surface area contributed by atoms with Crippen molar-refractivity contribution in [1.29, 1.82) is 0 Å². The molecular weight excluding hydrogens is 274 g/mol. The van der Waals surface area contributed by atoms with E-state index in [1.807, 2.05) is 0 Å². The second-order valence-electron chi connectivity index (χ2n) is 6.10. The summed E-state index contributed by atoms with van der Waals surface area (Å²) < 4.78 is 0. The van der Waals surface area contributed by atoms with Crippen molar-refractivity contribution in [1.82, 2.24) is 25.9 Å². The highest BCUT2D eigenvalue weighted by Crippen LogP contribution is 2.40. The molecule has 1 aromatic heterocycles. The predicted molar refractivity (Wildman–Crippen MR) is 74.5 cm³/mol. The Labute approximate surface area is 123 Å². The molecule has 0 bridgehead atoms. The first-order valence-corrected chi connectivity index (χ1v) is 7.41. The van der Waals surface area contributed by atoms with Gasteiger partial charge in [0.15, 0.2) is 5.82 Å². The van der Waals surface area contributed by atoms with Crippen molar-refractivity contribution >= 4 is 5.97 Å². The largest absolute Gasteiger partial charge is 0.480 e. The zero-order chi connectivity index (χ0) is 13.9. The van der Waals surface area contributed by atoms with Crippen LogP contribution in [0.25, 0.3) is 0 Å². The van der Waals surface area contributed by atoms with Crippen LogP contribution >= 0.6 is 0 Å². The molecule has 1 saturated carbocycles. The number of fused-ring (bicyclic) bond motifs is 1. The number of aryl methyl sites for hydroxylation is 1. The van der Waals surface area contributed by atoms with Gasteiger partial charge < -0.3 is 15.9 Å². The summed E-state index contributed by atoms with van der Waals surface area (Å²) in [4.78, 5) is 11.1. The van der Waals surface area contributed by atoms with Gasteiger partial charge in [0.2, 0.25) is 0 Å². The fraction of sp³-hybridized carbons (Fsp3) is 0.846. The van der Waals surface area contributed by atoms with Crippen LogP contribution in [0, 0.1) is 17.8 Å². The van der Waals surface area contributed by atoms with E-state index in [0.29, 0.717) is 17.8 Å². The van der Waals surface area contributed by atoms with E-state index in [2.05, 4.69) is 25.9 Å². The Balaban J connectivity index is 0.00000161. The first kappa shape index (κ1) is 15.8. The molecule has 4 atom stereocenters. The van der Waals surface area contributed by atoms with Gasteiger partial charge in [0.1, 0.15) is 6.04 Å². The first-order valence-electron chi connectivity index (χ1n) is 7.41. The molecule has 0 aromatic carbocycles. The van der Waals surface area contributed by atoms with Gasteiger partial charge >= 0.3 is 5.97 Å². The smallest absolute Gasteiger partial charge is 0.320 e. The summed E-state index contributed by atoms with van der Waals surface area (Å²) in [5, 5.41) is 26.3. The molecule has 1 saturated heterocycles. The molecule has 0 radical (unpaired) electrons. The van der Waals surface area contributed by atoms with Crippen LogP contribution in [-0.2, 0) is 11.2 Å². The van der Waals surface area contributed by atoms with Gasteiger partial charge in [-0.05, 0) is 50.0 Å². The molecule has 8 heteroatoms. The third-order valence-corrected chi connectivity index (χ3v) is 4.88. The van der Waals surface area contributed by atoms with Crippen LogP contribution in [0.15, 0.2) is 0 Å². The van der Waals surface area contributed by atoms with Crippen LogP contribution < -0.4 is 5.32 Å². The molecule has 8 nitrogen and oxygen atoms in total. The standard InChI is InChI=1S/C13H21N5O2.H2O/c19-13(20)11-6-10-5-8(1-3-9(10)7-14-11)2-4-12-15-17-18-16-12;/h8-11,14H,1-7H2,(H,19,20)(H,15,16,17,18);1H2/t8?,9-,10+,11-;/m1./s1. The number of rotatable bonds is 4. The van der Waals surface area contributed by atoms with Gasteiger partial charge in [-0.15, -0.1) is 10.2 Å². The normalized spacial score (nSPS) is 32.0.